The molecule has 6 heteroatoms. The molecular weight excluding hydrogens is 272 g/mol. The van der Waals surface area contributed by atoms with E-state index in [1.807, 2.05) is 0 Å². The van der Waals surface area contributed by atoms with Gasteiger partial charge < -0.3 is 5.32 Å². The highest BCUT2D eigenvalue weighted by Crippen LogP contribution is 2.27. The maximum Gasteiger partial charge on any atom is 0.153 e. The van der Waals surface area contributed by atoms with Crippen molar-refractivity contribution in [1.29, 1.82) is 5.26 Å². The van der Waals surface area contributed by atoms with Gasteiger partial charge in [-0.05, 0) is 31.0 Å². The number of hydrogen-bond donors (Lipinski definition) is 1. The maximum atomic E-state index is 11.7. The number of anilines is 1. The van der Waals surface area contributed by atoms with Crippen LogP contribution in [-0.4, -0.2) is 25.5 Å². The fourth-order valence-electron chi connectivity index (χ4n) is 2.17. The summed E-state index contributed by atoms with van der Waals surface area (Å²) in [5, 5.41) is 12.9. The van der Waals surface area contributed by atoms with Gasteiger partial charge in [-0.3, -0.25) is 0 Å². The van der Waals surface area contributed by atoms with Gasteiger partial charge in [0, 0.05) is 10.7 Å². The number of sulfone groups is 1. The molecule has 1 saturated heterocycles. The molecule has 18 heavy (non-hydrogen) atoms. The fourth-order valence-corrected chi connectivity index (χ4v) is 4.12. The van der Waals surface area contributed by atoms with Crippen LogP contribution in [0.25, 0.3) is 0 Å². The summed E-state index contributed by atoms with van der Waals surface area (Å²) in [6.07, 6.45) is 1.03. The molecule has 0 radical (unpaired) electrons. The van der Waals surface area contributed by atoms with Crippen molar-refractivity contribution in [3.63, 3.8) is 0 Å². The first-order chi connectivity index (χ1) is 8.45. The average molecular weight is 285 g/mol. The number of halogens is 1. The van der Waals surface area contributed by atoms with Crippen molar-refractivity contribution in [3.05, 3.63) is 29.3 Å². The average Bonchev–Trinajstić information content (AvgIpc) is 2.27. The molecule has 1 N–H and O–H groups in total. The first-order valence-electron chi connectivity index (χ1n) is 5.60. The second kappa shape index (κ2) is 4.79. The van der Waals surface area contributed by atoms with E-state index < -0.39 is 15.4 Å². The van der Waals surface area contributed by atoms with Crippen LogP contribution >= 0.6 is 11.6 Å². The topological polar surface area (TPSA) is 70.0 Å². The van der Waals surface area contributed by atoms with E-state index in [4.69, 9.17) is 11.6 Å². The molecule has 0 bridgehead atoms. The van der Waals surface area contributed by atoms with Crippen molar-refractivity contribution in [2.75, 3.05) is 16.8 Å². The van der Waals surface area contributed by atoms with Gasteiger partial charge in [-0.2, -0.15) is 5.26 Å². The number of benzene rings is 1. The molecule has 0 spiro atoms. The Kier molecular flexibility index (Phi) is 3.51. The van der Waals surface area contributed by atoms with Gasteiger partial charge >= 0.3 is 0 Å². The second-order valence-electron chi connectivity index (χ2n) is 4.52. The van der Waals surface area contributed by atoms with Crippen molar-refractivity contribution < 1.29 is 8.42 Å². The van der Waals surface area contributed by atoms with Crippen molar-refractivity contribution in [3.8, 4) is 6.07 Å². The Morgan fingerprint density at radius 3 is 2.83 bits per heavy atom. The third-order valence-corrected chi connectivity index (χ3v) is 5.03. The van der Waals surface area contributed by atoms with Crippen molar-refractivity contribution >= 4 is 27.1 Å². The van der Waals surface area contributed by atoms with E-state index in [1.54, 1.807) is 24.3 Å². The van der Waals surface area contributed by atoms with E-state index in [0.717, 1.165) is 0 Å². The molecule has 0 aliphatic carbocycles. The number of nitriles is 1. The number of nitrogens with zero attached hydrogens (tertiary/aromatic N) is 1. The first kappa shape index (κ1) is 13.2. The smallest absolute Gasteiger partial charge is 0.153 e. The van der Waals surface area contributed by atoms with Crippen LogP contribution in [0.15, 0.2) is 24.3 Å². The Bertz CT molecular complexity index is 594. The van der Waals surface area contributed by atoms with Gasteiger partial charge in [0.15, 0.2) is 9.84 Å². The zero-order chi connectivity index (χ0) is 13.2. The minimum absolute atomic E-state index is 0.150. The van der Waals surface area contributed by atoms with Crippen molar-refractivity contribution in [2.24, 2.45) is 0 Å². The van der Waals surface area contributed by atoms with E-state index in [-0.39, 0.29) is 11.5 Å². The summed E-state index contributed by atoms with van der Waals surface area (Å²) in [6, 6.07) is 9.04. The number of nitrogens with one attached hydrogen (secondary N) is 1. The molecule has 96 valence electrons. The summed E-state index contributed by atoms with van der Waals surface area (Å²) in [5.41, 5.74) is -0.372. The van der Waals surface area contributed by atoms with E-state index in [9.17, 15) is 13.7 Å². The molecule has 1 unspecified atom stereocenters. The largest absolute Gasteiger partial charge is 0.366 e. The van der Waals surface area contributed by atoms with Crippen LogP contribution in [0.3, 0.4) is 0 Å². The van der Waals surface area contributed by atoms with Crippen LogP contribution in [0.2, 0.25) is 5.02 Å². The zero-order valence-electron chi connectivity index (χ0n) is 9.69. The SMILES string of the molecule is N#CC1(Nc2cccc(Cl)c2)CCCS(=O)(=O)C1. The van der Waals surface area contributed by atoms with Gasteiger partial charge in [0.1, 0.15) is 5.54 Å². The lowest BCUT2D eigenvalue weighted by molar-refractivity contribution is 0.519. The molecule has 1 atom stereocenters. The summed E-state index contributed by atoms with van der Waals surface area (Å²) in [6.45, 7) is 0. The van der Waals surface area contributed by atoms with Crippen LogP contribution in [-0.2, 0) is 9.84 Å². The first-order valence-corrected chi connectivity index (χ1v) is 7.80. The maximum absolute atomic E-state index is 11.7. The van der Waals surface area contributed by atoms with Crippen LogP contribution in [0.1, 0.15) is 12.8 Å². The minimum Gasteiger partial charge on any atom is -0.366 e. The molecular formula is C12H13ClN2O2S. The van der Waals surface area contributed by atoms with Gasteiger partial charge in [0.2, 0.25) is 0 Å². The molecule has 0 aromatic heterocycles. The predicted molar refractivity (Wildman–Crippen MR) is 71.3 cm³/mol. The molecule has 1 fully saturated rings. The minimum atomic E-state index is -3.15. The molecule has 1 aromatic carbocycles. The zero-order valence-corrected chi connectivity index (χ0v) is 11.3. The molecule has 0 saturated carbocycles. The molecule has 1 heterocycles. The normalized spacial score (nSPS) is 26.2. The summed E-state index contributed by atoms with van der Waals surface area (Å²) < 4.78 is 23.3. The van der Waals surface area contributed by atoms with Crippen LogP contribution < -0.4 is 5.32 Å². The standard InChI is InChI=1S/C12H13ClN2O2S/c13-10-3-1-4-11(7-10)15-12(8-14)5-2-6-18(16,17)9-12/h1,3-4,7,15H,2,5-6,9H2. The molecule has 2 rings (SSSR count). The van der Waals surface area contributed by atoms with Crippen LogP contribution in [0.4, 0.5) is 5.69 Å². The lowest BCUT2D eigenvalue weighted by Crippen LogP contribution is -2.47. The Hall–Kier alpha value is -1.25. The van der Waals surface area contributed by atoms with Gasteiger partial charge in [0.05, 0.1) is 17.6 Å². The van der Waals surface area contributed by atoms with E-state index in [1.165, 1.54) is 0 Å². The molecule has 0 amide bonds. The van der Waals surface area contributed by atoms with Crippen molar-refractivity contribution in [1.82, 2.24) is 0 Å². The highest BCUT2D eigenvalue weighted by Gasteiger charge is 2.39. The van der Waals surface area contributed by atoms with Gasteiger partial charge in [-0.25, -0.2) is 8.42 Å². The molecule has 4 nitrogen and oxygen atoms in total. The second-order valence-corrected chi connectivity index (χ2v) is 7.15. The Morgan fingerprint density at radius 2 is 2.22 bits per heavy atom. The summed E-state index contributed by atoms with van der Waals surface area (Å²) in [5.74, 6) is 0.0106. The number of rotatable bonds is 2. The Labute approximate surface area is 111 Å². The Balaban J connectivity index is 2.27. The molecule has 1 aliphatic rings. The van der Waals surface area contributed by atoms with Gasteiger partial charge in [-0.1, -0.05) is 17.7 Å². The van der Waals surface area contributed by atoms with Gasteiger partial charge in [-0.15, -0.1) is 0 Å². The van der Waals surface area contributed by atoms with Crippen LogP contribution in [0, 0.1) is 11.3 Å². The highest BCUT2D eigenvalue weighted by atomic mass is 35.5. The van der Waals surface area contributed by atoms with E-state index in [2.05, 4.69) is 11.4 Å². The Morgan fingerprint density at radius 1 is 1.44 bits per heavy atom. The monoisotopic (exact) mass is 284 g/mol. The lowest BCUT2D eigenvalue weighted by Gasteiger charge is -2.32. The highest BCUT2D eigenvalue weighted by molar-refractivity contribution is 7.91. The summed E-state index contributed by atoms with van der Waals surface area (Å²) in [7, 11) is -3.15. The molecule has 1 aliphatic heterocycles. The molecule has 1 aromatic rings. The third-order valence-electron chi connectivity index (χ3n) is 2.95. The number of hydrogen-bond acceptors (Lipinski definition) is 4. The lowest BCUT2D eigenvalue weighted by atomic mass is 9.97. The van der Waals surface area contributed by atoms with E-state index >= 15 is 0 Å². The third kappa shape index (κ3) is 2.95. The summed E-state index contributed by atoms with van der Waals surface area (Å²) in [4.78, 5) is 0. The predicted octanol–water partition coefficient (Wildman–Crippen LogP) is 2.22. The quantitative estimate of drug-likeness (QED) is 0.904. The summed E-state index contributed by atoms with van der Waals surface area (Å²) >= 11 is 5.87. The van der Waals surface area contributed by atoms with Gasteiger partial charge in [0.25, 0.3) is 0 Å². The van der Waals surface area contributed by atoms with E-state index in [0.29, 0.717) is 23.6 Å². The van der Waals surface area contributed by atoms with Crippen molar-refractivity contribution in [2.45, 2.75) is 18.4 Å². The fraction of sp³-hybridized carbons (Fsp3) is 0.417. The van der Waals surface area contributed by atoms with Crippen LogP contribution in [0.5, 0.6) is 0 Å².